The second-order valence-corrected chi connectivity index (χ2v) is 6.22. The van der Waals surface area contributed by atoms with E-state index in [0.29, 0.717) is 18.5 Å². The Morgan fingerprint density at radius 2 is 2.05 bits per heavy atom. The van der Waals surface area contributed by atoms with Gasteiger partial charge >= 0.3 is 12.0 Å². The van der Waals surface area contributed by atoms with E-state index in [4.69, 9.17) is 5.11 Å². The maximum absolute atomic E-state index is 12.0. The molecule has 0 atom stereocenters. The molecule has 2 amide bonds. The van der Waals surface area contributed by atoms with Gasteiger partial charge in [-0.2, -0.15) is 0 Å². The van der Waals surface area contributed by atoms with Crippen molar-refractivity contribution in [3.8, 4) is 0 Å². The van der Waals surface area contributed by atoms with E-state index in [1.54, 1.807) is 6.07 Å². The van der Waals surface area contributed by atoms with Gasteiger partial charge in [0.15, 0.2) is 0 Å². The number of rotatable bonds is 4. The molecular weight excluding hydrogens is 324 g/mol. The molecule has 0 aliphatic heterocycles. The minimum Gasteiger partial charge on any atom is -0.481 e. The smallest absolute Gasteiger partial charge is 0.319 e. The minimum absolute atomic E-state index is 0.0298. The third kappa shape index (κ3) is 3.72. The highest BCUT2D eigenvalue weighted by Gasteiger charge is 2.40. The maximum Gasteiger partial charge on any atom is 0.319 e. The van der Waals surface area contributed by atoms with Crippen molar-refractivity contribution in [2.75, 3.05) is 5.32 Å². The van der Waals surface area contributed by atoms with Crippen molar-refractivity contribution in [1.82, 2.24) is 5.32 Å². The molecule has 1 fully saturated rings. The summed E-state index contributed by atoms with van der Waals surface area (Å²) in [6.07, 6.45) is 2.34. The first kappa shape index (κ1) is 14.8. The fourth-order valence-corrected chi connectivity index (χ4v) is 3.06. The van der Waals surface area contributed by atoms with Crippen LogP contribution in [0.3, 0.4) is 0 Å². The molecule has 0 saturated heterocycles. The van der Waals surface area contributed by atoms with Crippen molar-refractivity contribution in [3.05, 3.63) is 28.2 Å². The summed E-state index contributed by atoms with van der Waals surface area (Å²) in [7, 11) is 0. The number of benzene rings is 1. The van der Waals surface area contributed by atoms with E-state index >= 15 is 0 Å². The molecule has 1 aliphatic rings. The number of anilines is 1. The van der Waals surface area contributed by atoms with Crippen molar-refractivity contribution in [2.45, 2.75) is 38.1 Å². The van der Waals surface area contributed by atoms with Crippen molar-refractivity contribution in [1.29, 1.82) is 0 Å². The van der Waals surface area contributed by atoms with E-state index in [-0.39, 0.29) is 12.5 Å². The summed E-state index contributed by atoms with van der Waals surface area (Å²) >= 11 is 3.37. The molecule has 20 heavy (non-hydrogen) atoms. The number of carboxylic acids is 1. The summed E-state index contributed by atoms with van der Waals surface area (Å²) in [4.78, 5) is 22.9. The van der Waals surface area contributed by atoms with E-state index in [2.05, 4.69) is 26.6 Å². The lowest BCUT2D eigenvalue weighted by Crippen LogP contribution is -2.55. The van der Waals surface area contributed by atoms with Crippen LogP contribution in [-0.4, -0.2) is 22.6 Å². The third-order valence-electron chi connectivity index (χ3n) is 3.48. The molecular formula is C14H17BrN2O3. The Labute approximate surface area is 125 Å². The van der Waals surface area contributed by atoms with Crippen LogP contribution in [-0.2, 0) is 4.79 Å². The van der Waals surface area contributed by atoms with E-state index in [1.807, 2.05) is 19.1 Å². The molecule has 0 radical (unpaired) electrons. The van der Waals surface area contributed by atoms with Crippen LogP contribution in [0.5, 0.6) is 0 Å². The second kappa shape index (κ2) is 5.83. The predicted octanol–water partition coefficient (Wildman–Crippen LogP) is 3.28. The SMILES string of the molecule is Cc1cc(Br)cc(NC(=O)NC2(CC(=O)O)CCC2)c1. The number of carboxylic acid groups (broad SMARTS) is 1. The summed E-state index contributed by atoms with van der Waals surface area (Å²) in [5.41, 5.74) is 1.12. The van der Waals surface area contributed by atoms with Gasteiger partial charge in [-0.15, -0.1) is 0 Å². The molecule has 0 heterocycles. The zero-order chi connectivity index (χ0) is 14.8. The van der Waals surface area contributed by atoms with Crippen LogP contribution in [0, 0.1) is 6.92 Å². The fourth-order valence-electron chi connectivity index (χ4n) is 2.45. The topological polar surface area (TPSA) is 78.4 Å². The number of nitrogens with one attached hydrogen (secondary N) is 2. The normalized spacial score (nSPS) is 16.1. The molecule has 0 unspecified atom stereocenters. The summed E-state index contributed by atoms with van der Waals surface area (Å²) < 4.78 is 0.886. The first-order valence-corrected chi connectivity index (χ1v) is 7.26. The zero-order valence-corrected chi connectivity index (χ0v) is 12.8. The summed E-state index contributed by atoms with van der Waals surface area (Å²) in [6, 6.07) is 5.25. The Kier molecular flexibility index (Phi) is 4.32. The lowest BCUT2D eigenvalue weighted by atomic mass is 9.74. The molecule has 1 aromatic rings. The van der Waals surface area contributed by atoms with Gasteiger partial charge in [-0.25, -0.2) is 4.79 Å². The largest absolute Gasteiger partial charge is 0.481 e. The van der Waals surface area contributed by atoms with Gasteiger partial charge in [-0.05, 0) is 49.9 Å². The van der Waals surface area contributed by atoms with Crippen LogP contribution >= 0.6 is 15.9 Å². The number of halogens is 1. The van der Waals surface area contributed by atoms with E-state index in [9.17, 15) is 9.59 Å². The molecule has 0 bridgehead atoms. The first-order valence-electron chi connectivity index (χ1n) is 6.47. The lowest BCUT2D eigenvalue weighted by molar-refractivity contribution is -0.139. The van der Waals surface area contributed by atoms with Crippen molar-refractivity contribution in [3.63, 3.8) is 0 Å². The third-order valence-corrected chi connectivity index (χ3v) is 3.94. The second-order valence-electron chi connectivity index (χ2n) is 5.30. The van der Waals surface area contributed by atoms with Gasteiger partial charge in [-0.3, -0.25) is 4.79 Å². The monoisotopic (exact) mass is 340 g/mol. The number of amides is 2. The van der Waals surface area contributed by atoms with Gasteiger partial charge in [0.2, 0.25) is 0 Å². The number of hydrogen-bond donors (Lipinski definition) is 3. The summed E-state index contributed by atoms with van der Waals surface area (Å²) in [5, 5.41) is 14.5. The number of carbonyl (C=O) groups is 2. The zero-order valence-electron chi connectivity index (χ0n) is 11.2. The molecule has 1 aliphatic carbocycles. The first-order chi connectivity index (χ1) is 9.38. The van der Waals surface area contributed by atoms with Crippen molar-refractivity contribution < 1.29 is 14.7 Å². The van der Waals surface area contributed by atoms with Gasteiger partial charge in [-0.1, -0.05) is 15.9 Å². The van der Waals surface area contributed by atoms with E-state index < -0.39 is 11.5 Å². The van der Waals surface area contributed by atoms with Gasteiger partial charge < -0.3 is 15.7 Å². The standard InChI is InChI=1S/C14H17BrN2O3/c1-9-5-10(15)7-11(6-9)16-13(20)17-14(3-2-4-14)8-12(18)19/h5-7H,2-4,8H2,1H3,(H,18,19)(H2,16,17,20). The fraction of sp³-hybridized carbons (Fsp3) is 0.429. The van der Waals surface area contributed by atoms with Crippen LogP contribution in [0.4, 0.5) is 10.5 Å². The molecule has 2 rings (SSSR count). The average Bonchev–Trinajstić information content (AvgIpc) is 2.23. The van der Waals surface area contributed by atoms with Gasteiger partial charge in [0.05, 0.1) is 12.0 Å². The Morgan fingerprint density at radius 1 is 1.35 bits per heavy atom. The van der Waals surface area contributed by atoms with Gasteiger partial charge in [0.1, 0.15) is 0 Å². The number of hydrogen-bond acceptors (Lipinski definition) is 2. The predicted molar refractivity (Wildman–Crippen MR) is 79.9 cm³/mol. The van der Waals surface area contributed by atoms with Crippen molar-refractivity contribution in [2.24, 2.45) is 0 Å². The number of urea groups is 1. The highest BCUT2D eigenvalue weighted by atomic mass is 79.9. The molecule has 0 spiro atoms. The van der Waals surface area contributed by atoms with Crippen LogP contribution in [0.2, 0.25) is 0 Å². The lowest BCUT2D eigenvalue weighted by Gasteiger charge is -2.41. The molecule has 1 saturated carbocycles. The molecule has 6 heteroatoms. The van der Waals surface area contributed by atoms with Gasteiger partial charge in [0.25, 0.3) is 0 Å². The molecule has 3 N–H and O–H groups in total. The summed E-state index contributed by atoms with van der Waals surface area (Å²) in [6.45, 7) is 1.94. The van der Waals surface area contributed by atoms with E-state index in [1.165, 1.54) is 0 Å². The molecule has 5 nitrogen and oxygen atoms in total. The van der Waals surface area contributed by atoms with E-state index in [0.717, 1.165) is 16.5 Å². The Hall–Kier alpha value is -1.56. The Morgan fingerprint density at radius 3 is 2.55 bits per heavy atom. The summed E-state index contributed by atoms with van der Waals surface area (Å²) in [5.74, 6) is -0.886. The Balaban J connectivity index is 1.99. The maximum atomic E-state index is 12.0. The average molecular weight is 341 g/mol. The van der Waals surface area contributed by atoms with Gasteiger partial charge in [0, 0.05) is 10.2 Å². The minimum atomic E-state index is -0.886. The number of carbonyl (C=O) groups excluding carboxylic acids is 1. The quantitative estimate of drug-likeness (QED) is 0.786. The van der Waals surface area contributed by atoms with Crippen molar-refractivity contribution >= 4 is 33.6 Å². The molecule has 108 valence electrons. The van der Waals surface area contributed by atoms with Crippen LogP contribution in [0.1, 0.15) is 31.2 Å². The number of aliphatic carboxylic acids is 1. The highest BCUT2D eigenvalue weighted by Crippen LogP contribution is 2.35. The van der Waals surface area contributed by atoms with Crippen LogP contribution in [0.25, 0.3) is 0 Å². The van der Waals surface area contributed by atoms with Crippen LogP contribution < -0.4 is 10.6 Å². The Bertz CT molecular complexity index is 521. The molecule has 0 aromatic heterocycles. The molecule has 1 aromatic carbocycles. The van der Waals surface area contributed by atoms with Crippen LogP contribution in [0.15, 0.2) is 22.7 Å². The number of aryl methyl sites for hydroxylation is 1. The highest BCUT2D eigenvalue weighted by molar-refractivity contribution is 9.10.